The first-order valence-electron chi connectivity index (χ1n) is 5.32. The zero-order valence-corrected chi connectivity index (χ0v) is 10.3. The maximum atomic E-state index is 10.8. The van der Waals surface area contributed by atoms with E-state index in [0.29, 0.717) is 10.8 Å². The Balaban J connectivity index is 1.92. The van der Waals surface area contributed by atoms with E-state index in [2.05, 4.69) is 15.0 Å². The molecular weight excluding hydrogens is 266 g/mol. The summed E-state index contributed by atoms with van der Waals surface area (Å²) in [4.78, 5) is 22.9. The summed E-state index contributed by atoms with van der Waals surface area (Å²) in [6.45, 7) is 0. The Morgan fingerprint density at radius 1 is 1.21 bits per heavy atom. The molecule has 0 bridgehead atoms. The lowest BCUT2D eigenvalue weighted by atomic mass is 10.3. The highest BCUT2D eigenvalue weighted by Crippen LogP contribution is 2.27. The molecule has 1 N–H and O–H groups in total. The van der Waals surface area contributed by atoms with E-state index in [0.717, 1.165) is 17.3 Å². The van der Waals surface area contributed by atoms with E-state index in [1.165, 1.54) is 12.3 Å². The molecule has 0 spiro atoms. The first kappa shape index (κ1) is 11.7. The molecule has 0 unspecified atom stereocenters. The van der Waals surface area contributed by atoms with Crippen LogP contribution in [0.15, 0.2) is 51.3 Å². The number of carbonyl (C=O) groups is 1. The Hall–Kier alpha value is -2.41. The molecule has 0 saturated heterocycles. The Bertz CT molecular complexity index is 724. The molecule has 2 heterocycles. The molecule has 0 aliphatic rings. The summed E-state index contributed by atoms with van der Waals surface area (Å²) in [6.07, 6.45) is 1.39. The summed E-state index contributed by atoms with van der Waals surface area (Å²) in [5.41, 5.74) is 1.34. The monoisotopic (exact) mass is 273 g/mol. The molecule has 0 aliphatic heterocycles. The van der Waals surface area contributed by atoms with Crippen molar-refractivity contribution < 1.29 is 14.3 Å². The van der Waals surface area contributed by atoms with Crippen LogP contribution >= 0.6 is 11.8 Å². The molecule has 1 aromatic carbocycles. The van der Waals surface area contributed by atoms with E-state index in [-0.39, 0.29) is 10.9 Å². The minimum absolute atomic E-state index is 0.0615. The number of rotatable bonds is 3. The van der Waals surface area contributed by atoms with E-state index in [4.69, 9.17) is 9.52 Å². The summed E-state index contributed by atoms with van der Waals surface area (Å²) in [5, 5.41) is 9.51. The minimum Gasteiger partial charge on any atom is -0.477 e. The molecule has 0 atom stereocenters. The van der Waals surface area contributed by atoms with Crippen LogP contribution in [0, 0.1) is 0 Å². The SMILES string of the molecule is O=C(O)c1ccnc(Sc2nc3ccccc3o2)n1. The molecule has 7 heteroatoms. The van der Waals surface area contributed by atoms with Gasteiger partial charge in [0.15, 0.2) is 16.4 Å². The van der Waals surface area contributed by atoms with E-state index >= 15 is 0 Å². The van der Waals surface area contributed by atoms with Crippen molar-refractivity contribution >= 4 is 28.8 Å². The Morgan fingerprint density at radius 3 is 2.84 bits per heavy atom. The van der Waals surface area contributed by atoms with Crippen LogP contribution in [-0.2, 0) is 0 Å². The zero-order chi connectivity index (χ0) is 13.2. The highest BCUT2D eigenvalue weighted by atomic mass is 32.2. The highest BCUT2D eigenvalue weighted by Gasteiger charge is 2.11. The van der Waals surface area contributed by atoms with Crippen LogP contribution in [0.1, 0.15) is 10.5 Å². The predicted octanol–water partition coefficient (Wildman–Crippen LogP) is 2.47. The molecule has 3 aromatic rings. The van der Waals surface area contributed by atoms with Crippen LogP contribution in [0.4, 0.5) is 0 Å². The number of aromatic nitrogens is 3. The second-order valence-electron chi connectivity index (χ2n) is 3.58. The zero-order valence-electron chi connectivity index (χ0n) is 9.48. The number of carboxylic acid groups (broad SMARTS) is 1. The van der Waals surface area contributed by atoms with Gasteiger partial charge in [0, 0.05) is 18.0 Å². The molecule has 3 rings (SSSR count). The minimum atomic E-state index is -1.10. The molecule has 0 saturated carbocycles. The third kappa shape index (κ3) is 2.41. The lowest BCUT2D eigenvalue weighted by molar-refractivity contribution is 0.0689. The van der Waals surface area contributed by atoms with E-state index < -0.39 is 5.97 Å². The summed E-state index contributed by atoms with van der Waals surface area (Å²) >= 11 is 1.08. The van der Waals surface area contributed by atoms with Gasteiger partial charge in [-0.2, -0.15) is 0 Å². The van der Waals surface area contributed by atoms with Crippen molar-refractivity contribution in [2.45, 2.75) is 10.4 Å². The number of hydrogen-bond donors (Lipinski definition) is 1. The largest absolute Gasteiger partial charge is 0.477 e. The summed E-state index contributed by atoms with van der Waals surface area (Å²) in [7, 11) is 0. The number of fused-ring (bicyclic) bond motifs is 1. The molecular formula is C12H7N3O3S. The van der Waals surface area contributed by atoms with Gasteiger partial charge in [-0.05, 0) is 18.2 Å². The van der Waals surface area contributed by atoms with Gasteiger partial charge in [-0.1, -0.05) is 12.1 Å². The molecule has 0 fully saturated rings. The van der Waals surface area contributed by atoms with Crippen molar-refractivity contribution in [1.29, 1.82) is 0 Å². The van der Waals surface area contributed by atoms with Crippen molar-refractivity contribution in [3.05, 3.63) is 42.2 Å². The second kappa shape index (κ2) is 4.69. The number of carboxylic acids is 1. The first-order valence-corrected chi connectivity index (χ1v) is 6.14. The maximum absolute atomic E-state index is 10.8. The highest BCUT2D eigenvalue weighted by molar-refractivity contribution is 7.98. The predicted molar refractivity (Wildman–Crippen MR) is 67.1 cm³/mol. The van der Waals surface area contributed by atoms with Crippen molar-refractivity contribution in [1.82, 2.24) is 15.0 Å². The number of para-hydroxylation sites is 2. The van der Waals surface area contributed by atoms with Crippen LogP contribution in [-0.4, -0.2) is 26.0 Å². The van der Waals surface area contributed by atoms with Gasteiger partial charge >= 0.3 is 5.97 Å². The molecule has 19 heavy (non-hydrogen) atoms. The summed E-state index contributed by atoms with van der Waals surface area (Å²) < 4.78 is 5.50. The Morgan fingerprint density at radius 2 is 2.05 bits per heavy atom. The fourth-order valence-electron chi connectivity index (χ4n) is 1.48. The van der Waals surface area contributed by atoms with Gasteiger partial charge in [-0.3, -0.25) is 0 Å². The van der Waals surface area contributed by atoms with E-state index in [9.17, 15) is 4.79 Å². The summed E-state index contributed by atoms with van der Waals surface area (Å²) in [6, 6.07) is 8.68. The molecule has 2 aromatic heterocycles. The normalized spacial score (nSPS) is 10.7. The number of aromatic carboxylic acids is 1. The van der Waals surface area contributed by atoms with Crippen LogP contribution in [0.5, 0.6) is 0 Å². The first-order chi connectivity index (χ1) is 9.22. The van der Waals surface area contributed by atoms with Crippen LogP contribution in [0.2, 0.25) is 0 Å². The van der Waals surface area contributed by atoms with E-state index in [1.807, 2.05) is 18.2 Å². The number of hydrogen-bond acceptors (Lipinski definition) is 6. The van der Waals surface area contributed by atoms with Crippen molar-refractivity contribution in [3.63, 3.8) is 0 Å². The lowest BCUT2D eigenvalue weighted by Gasteiger charge is -1.96. The smallest absolute Gasteiger partial charge is 0.354 e. The van der Waals surface area contributed by atoms with Crippen LogP contribution in [0.3, 0.4) is 0 Å². The van der Waals surface area contributed by atoms with Gasteiger partial charge in [-0.15, -0.1) is 0 Å². The van der Waals surface area contributed by atoms with Gasteiger partial charge < -0.3 is 9.52 Å². The number of benzene rings is 1. The number of oxazole rings is 1. The number of nitrogens with zero attached hydrogens (tertiary/aromatic N) is 3. The maximum Gasteiger partial charge on any atom is 0.354 e. The van der Waals surface area contributed by atoms with Crippen LogP contribution in [0.25, 0.3) is 11.1 Å². The topological polar surface area (TPSA) is 89.1 Å². The fourth-order valence-corrected chi connectivity index (χ4v) is 2.17. The molecule has 6 nitrogen and oxygen atoms in total. The Kier molecular flexibility index (Phi) is 2.88. The molecule has 94 valence electrons. The average Bonchev–Trinajstić information content (AvgIpc) is 2.81. The lowest BCUT2D eigenvalue weighted by Crippen LogP contribution is -2.01. The van der Waals surface area contributed by atoms with Gasteiger partial charge in [-0.25, -0.2) is 19.7 Å². The Labute approximate surface area is 111 Å². The van der Waals surface area contributed by atoms with Crippen LogP contribution < -0.4 is 0 Å². The summed E-state index contributed by atoms with van der Waals surface area (Å²) in [5.74, 6) is -1.10. The molecule has 0 aliphatic carbocycles. The van der Waals surface area contributed by atoms with Crippen molar-refractivity contribution in [3.8, 4) is 0 Å². The standard InChI is InChI=1S/C12H7N3O3S/c16-10(17)8-5-6-13-11(14-8)19-12-15-7-3-1-2-4-9(7)18-12/h1-6H,(H,16,17). The van der Waals surface area contributed by atoms with Gasteiger partial charge in [0.05, 0.1) is 0 Å². The average molecular weight is 273 g/mol. The van der Waals surface area contributed by atoms with Gasteiger partial charge in [0.25, 0.3) is 5.22 Å². The van der Waals surface area contributed by atoms with Crippen molar-refractivity contribution in [2.75, 3.05) is 0 Å². The van der Waals surface area contributed by atoms with Gasteiger partial charge in [0.2, 0.25) is 0 Å². The van der Waals surface area contributed by atoms with Crippen molar-refractivity contribution in [2.24, 2.45) is 0 Å². The third-order valence-electron chi connectivity index (χ3n) is 2.31. The quantitative estimate of drug-likeness (QED) is 0.733. The molecule has 0 amide bonds. The fraction of sp³-hybridized carbons (Fsp3) is 0. The molecule has 0 radical (unpaired) electrons. The third-order valence-corrected chi connectivity index (χ3v) is 3.03. The van der Waals surface area contributed by atoms with Gasteiger partial charge in [0.1, 0.15) is 5.52 Å². The second-order valence-corrected chi connectivity index (χ2v) is 4.50. The van der Waals surface area contributed by atoms with E-state index in [1.54, 1.807) is 6.07 Å².